The molecule has 0 radical (unpaired) electrons. The lowest BCUT2D eigenvalue weighted by molar-refractivity contribution is -0.149. The highest BCUT2D eigenvalue weighted by atomic mass is 32.1. The van der Waals surface area contributed by atoms with E-state index in [0.717, 1.165) is 50.0 Å². The molecule has 3 rings (SSSR count). The summed E-state index contributed by atoms with van der Waals surface area (Å²) in [7, 11) is 0. The first-order valence-corrected chi connectivity index (χ1v) is 22.5. The molecule has 2 heterocycles. The number of nitrogen functional groups attached to an aromatic ring is 1. The number of thiazole rings is 1. The highest BCUT2D eigenvalue weighted by molar-refractivity contribution is 7.09. The minimum Gasteiger partial charge on any atom is -0.481 e. The number of anilines is 1. The number of nitrogens with two attached hydrogens (primary N) is 1. The molecule has 0 spiro atoms. The SMILES string of the molecule is CCCCCCN(C(=O)C(C=NC(=O)C1C[C@H](C)CCN1)[C@@H](C)CC)[C@H](C[C@@H](OC(C)=O)c1nc(C(=O)N[C@@H](Cc2ccc(N)c(F)c2)CC(C)(C)C(=O)O)cs1)C(C)C. The lowest BCUT2D eigenvalue weighted by Gasteiger charge is -2.38. The first-order chi connectivity index (χ1) is 28.3. The number of amides is 3. The van der Waals surface area contributed by atoms with Gasteiger partial charge in [-0.3, -0.25) is 24.0 Å². The van der Waals surface area contributed by atoms with Crippen molar-refractivity contribution >= 4 is 52.9 Å². The first kappa shape index (κ1) is 50.1. The Morgan fingerprint density at radius 1 is 1.17 bits per heavy atom. The van der Waals surface area contributed by atoms with Crippen LogP contribution in [0.5, 0.6) is 0 Å². The summed E-state index contributed by atoms with van der Waals surface area (Å²) >= 11 is 1.14. The molecule has 5 N–H and O–H groups in total. The number of aliphatic imine (C=N–C) groups is 1. The number of hydrogen-bond acceptors (Lipinski definition) is 10. The van der Waals surface area contributed by atoms with Gasteiger partial charge in [0, 0.05) is 43.6 Å². The molecule has 1 aromatic heterocycles. The summed E-state index contributed by atoms with van der Waals surface area (Å²) in [6.07, 6.45) is 7.13. The fourth-order valence-corrected chi connectivity index (χ4v) is 8.46. The van der Waals surface area contributed by atoms with Gasteiger partial charge in [-0.15, -0.1) is 11.3 Å². The van der Waals surface area contributed by atoms with Crippen molar-refractivity contribution in [3.63, 3.8) is 0 Å². The topological polar surface area (TPSA) is 193 Å². The van der Waals surface area contributed by atoms with E-state index in [1.165, 1.54) is 19.1 Å². The Morgan fingerprint density at radius 2 is 1.88 bits per heavy atom. The van der Waals surface area contributed by atoms with E-state index in [4.69, 9.17) is 10.5 Å². The van der Waals surface area contributed by atoms with Crippen LogP contribution in [0.2, 0.25) is 0 Å². The Labute approximate surface area is 359 Å². The van der Waals surface area contributed by atoms with Gasteiger partial charge in [-0.2, -0.15) is 0 Å². The third-order valence-electron chi connectivity index (χ3n) is 11.6. The van der Waals surface area contributed by atoms with Crippen molar-refractivity contribution in [1.29, 1.82) is 0 Å². The number of nitrogens with zero attached hydrogens (tertiary/aromatic N) is 3. The molecule has 13 nitrogen and oxygen atoms in total. The molecule has 1 aliphatic heterocycles. The second-order valence-electron chi connectivity index (χ2n) is 17.6. The van der Waals surface area contributed by atoms with Crippen LogP contribution in [0.25, 0.3) is 0 Å². The molecular formula is C45H69FN6O7S. The number of esters is 1. The highest BCUT2D eigenvalue weighted by Gasteiger charge is 2.37. The average molecular weight is 857 g/mol. The molecule has 334 valence electrons. The number of halogens is 1. The summed E-state index contributed by atoms with van der Waals surface area (Å²) in [5.41, 5.74) is 5.00. The summed E-state index contributed by atoms with van der Waals surface area (Å²) in [4.78, 5) is 77.4. The van der Waals surface area contributed by atoms with Gasteiger partial charge in [0.25, 0.3) is 11.8 Å². The molecule has 1 fully saturated rings. The maximum atomic E-state index is 14.8. The van der Waals surface area contributed by atoms with Gasteiger partial charge in [0.1, 0.15) is 16.5 Å². The second-order valence-corrected chi connectivity index (χ2v) is 18.5. The van der Waals surface area contributed by atoms with Gasteiger partial charge < -0.3 is 31.1 Å². The van der Waals surface area contributed by atoms with Crippen molar-refractivity contribution in [2.75, 3.05) is 18.8 Å². The molecule has 60 heavy (non-hydrogen) atoms. The summed E-state index contributed by atoms with van der Waals surface area (Å²) in [6, 6.07) is 2.82. The zero-order valence-electron chi connectivity index (χ0n) is 37.1. The molecule has 2 aromatic rings. The van der Waals surface area contributed by atoms with Crippen LogP contribution in [0.3, 0.4) is 0 Å². The molecular weight excluding hydrogens is 788 g/mol. The molecule has 0 saturated carbocycles. The van der Waals surface area contributed by atoms with Crippen LogP contribution in [0, 0.1) is 34.9 Å². The zero-order valence-corrected chi connectivity index (χ0v) is 37.9. The fraction of sp³-hybridized carbons (Fsp3) is 0.667. The minimum absolute atomic E-state index is 0.0239. The summed E-state index contributed by atoms with van der Waals surface area (Å²) in [5.74, 6) is -3.64. The number of aromatic nitrogens is 1. The number of ether oxygens (including phenoxy) is 1. The maximum Gasteiger partial charge on any atom is 0.309 e. The van der Waals surface area contributed by atoms with Gasteiger partial charge in [0.15, 0.2) is 6.10 Å². The Morgan fingerprint density at radius 3 is 2.48 bits per heavy atom. The van der Waals surface area contributed by atoms with Crippen molar-refractivity contribution < 1.29 is 38.2 Å². The maximum absolute atomic E-state index is 14.8. The minimum atomic E-state index is -1.22. The Balaban J connectivity index is 1.95. The first-order valence-electron chi connectivity index (χ1n) is 21.6. The van der Waals surface area contributed by atoms with Crippen LogP contribution in [0.4, 0.5) is 10.1 Å². The number of carbonyl (C=O) groups is 5. The number of rotatable bonds is 23. The van der Waals surface area contributed by atoms with Crippen molar-refractivity contribution in [2.24, 2.45) is 34.1 Å². The van der Waals surface area contributed by atoms with Crippen LogP contribution in [-0.4, -0.2) is 82.1 Å². The molecule has 1 aliphatic rings. The zero-order chi connectivity index (χ0) is 44.7. The predicted molar refractivity (Wildman–Crippen MR) is 234 cm³/mol. The molecule has 1 saturated heterocycles. The van der Waals surface area contributed by atoms with Gasteiger partial charge in [0.05, 0.1) is 23.1 Å². The Bertz CT molecular complexity index is 1780. The number of carboxylic acids is 1. The van der Waals surface area contributed by atoms with Crippen molar-refractivity contribution in [3.8, 4) is 0 Å². The van der Waals surface area contributed by atoms with E-state index in [2.05, 4.69) is 34.5 Å². The van der Waals surface area contributed by atoms with Crippen molar-refractivity contribution in [2.45, 2.75) is 151 Å². The lowest BCUT2D eigenvalue weighted by Crippen LogP contribution is -2.49. The van der Waals surface area contributed by atoms with Crippen LogP contribution < -0.4 is 16.4 Å². The molecule has 2 unspecified atom stereocenters. The number of aliphatic carboxylic acids is 1. The predicted octanol–water partition coefficient (Wildman–Crippen LogP) is 7.78. The molecule has 3 amide bonds. The van der Waals surface area contributed by atoms with Crippen LogP contribution in [-0.2, 0) is 30.3 Å². The van der Waals surface area contributed by atoms with Crippen LogP contribution in [0.1, 0.15) is 147 Å². The van der Waals surface area contributed by atoms with Gasteiger partial charge in [-0.25, -0.2) is 14.4 Å². The second kappa shape index (κ2) is 23.7. The number of hydrogen-bond donors (Lipinski definition) is 4. The quantitative estimate of drug-likeness (QED) is 0.0371. The number of nitrogens with one attached hydrogen (secondary N) is 2. The number of carbonyl (C=O) groups excluding carboxylic acids is 4. The number of carboxylic acid groups (broad SMARTS) is 1. The van der Waals surface area contributed by atoms with Crippen molar-refractivity contribution in [3.05, 3.63) is 45.7 Å². The largest absolute Gasteiger partial charge is 0.481 e. The number of piperidine rings is 1. The fourth-order valence-electron chi connectivity index (χ4n) is 7.62. The number of benzene rings is 1. The summed E-state index contributed by atoms with van der Waals surface area (Å²) < 4.78 is 20.2. The van der Waals surface area contributed by atoms with Gasteiger partial charge in [-0.05, 0) is 87.9 Å². The normalized spacial score (nSPS) is 18.4. The van der Waals surface area contributed by atoms with E-state index in [1.807, 2.05) is 32.6 Å². The number of unbranched alkanes of at least 4 members (excludes halogenated alkanes) is 3. The van der Waals surface area contributed by atoms with E-state index in [0.29, 0.717) is 35.9 Å². The smallest absolute Gasteiger partial charge is 0.309 e. The van der Waals surface area contributed by atoms with Gasteiger partial charge >= 0.3 is 11.9 Å². The van der Waals surface area contributed by atoms with E-state index in [-0.39, 0.29) is 60.3 Å². The van der Waals surface area contributed by atoms with Crippen LogP contribution in [0.15, 0.2) is 28.6 Å². The average Bonchev–Trinajstić information content (AvgIpc) is 3.68. The molecule has 7 atom stereocenters. The Hall–Kier alpha value is -4.24. The highest BCUT2D eigenvalue weighted by Crippen LogP contribution is 2.33. The standard InChI is InChI=1S/C45H69FN6O7S/c1-10-12-13-14-19-52(43(56)33(29(6)11-2)25-49-40(54)36-20-28(5)17-18-48-36)38(27(3)4)23-39(59-30(7)53)42-51-37(26-60-42)41(55)50-32(24-45(8,9)44(57)58)21-31-15-16-35(47)34(46)22-31/h15-16,22,25-29,32-33,36,38-39,48H,10-14,17-21,23-24,47H2,1-9H3,(H,50,55)(H,57,58)/t28-,29+,32+,33?,36?,38-,39-/m1/s1. The molecule has 15 heteroatoms. The molecule has 0 bridgehead atoms. The van der Waals surface area contributed by atoms with E-state index in [1.54, 1.807) is 31.5 Å². The third kappa shape index (κ3) is 15.0. The lowest BCUT2D eigenvalue weighted by atomic mass is 9.84. The van der Waals surface area contributed by atoms with Crippen molar-refractivity contribution in [1.82, 2.24) is 20.5 Å². The Kier molecular flexibility index (Phi) is 19.8. The van der Waals surface area contributed by atoms with Gasteiger partial charge in [0.2, 0.25) is 5.91 Å². The summed E-state index contributed by atoms with van der Waals surface area (Å²) in [6.45, 7) is 17.9. The molecule has 1 aromatic carbocycles. The molecule has 0 aliphatic carbocycles. The monoisotopic (exact) mass is 856 g/mol. The summed E-state index contributed by atoms with van der Waals surface area (Å²) in [5, 5.41) is 18.0. The van der Waals surface area contributed by atoms with E-state index in [9.17, 15) is 33.5 Å². The van der Waals surface area contributed by atoms with E-state index >= 15 is 0 Å². The van der Waals surface area contributed by atoms with E-state index < -0.39 is 53.2 Å². The third-order valence-corrected chi connectivity index (χ3v) is 12.5. The van der Waals surface area contributed by atoms with Gasteiger partial charge in [-0.1, -0.05) is 73.3 Å². The van der Waals surface area contributed by atoms with Crippen LogP contribution >= 0.6 is 11.3 Å².